The number of anilines is 1. The molecule has 104 valence electrons. The summed E-state index contributed by atoms with van der Waals surface area (Å²) in [5.74, 6) is -0.867. The number of piperidine rings is 1. The fourth-order valence-electron chi connectivity index (χ4n) is 2.64. The van der Waals surface area contributed by atoms with Gasteiger partial charge in [-0.2, -0.15) is 5.10 Å². The number of hydrogen-bond acceptors (Lipinski definition) is 4. The molecule has 0 spiro atoms. The van der Waals surface area contributed by atoms with E-state index in [0.29, 0.717) is 43.0 Å². The molecule has 1 fully saturated rings. The number of amides is 1. The Morgan fingerprint density at radius 2 is 1.95 bits per heavy atom. The van der Waals surface area contributed by atoms with Gasteiger partial charge in [-0.05, 0) is 19.8 Å². The van der Waals surface area contributed by atoms with Crippen molar-refractivity contribution in [2.24, 2.45) is 18.7 Å². The third kappa shape index (κ3) is 2.40. The molecule has 7 heteroatoms. The number of primary amides is 1. The molecule has 0 saturated carbocycles. The smallest absolute Gasteiger partial charge is 0.306 e. The van der Waals surface area contributed by atoms with Gasteiger partial charge >= 0.3 is 5.97 Å². The minimum Gasteiger partial charge on any atom is -0.481 e. The highest BCUT2D eigenvalue weighted by Crippen LogP contribution is 2.27. The summed E-state index contributed by atoms with van der Waals surface area (Å²) in [4.78, 5) is 24.4. The van der Waals surface area contributed by atoms with Crippen LogP contribution < -0.4 is 10.6 Å². The molecule has 7 nitrogen and oxygen atoms in total. The topological polar surface area (TPSA) is 101 Å². The molecule has 2 heterocycles. The van der Waals surface area contributed by atoms with E-state index in [-0.39, 0.29) is 5.92 Å². The monoisotopic (exact) mass is 266 g/mol. The lowest BCUT2D eigenvalue weighted by Gasteiger charge is -2.32. The number of aromatic nitrogens is 2. The van der Waals surface area contributed by atoms with Crippen molar-refractivity contribution in [2.45, 2.75) is 19.8 Å². The number of hydrogen-bond donors (Lipinski definition) is 2. The maximum absolute atomic E-state index is 11.5. The standard InChI is InChI=1S/C12H18N4O3/c1-7-9(10(13)17)11(15(2)14-7)16-5-3-8(4-6-16)12(18)19/h8H,3-6H2,1-2H3,(H2,13,17)(H,18,19). The van der Waals surface area contributed by atoms with E-state index in [0.717, 1.165) is 0 Å². The molecule has 0 atom stereocenters. The van der Waals surface area contributed by atoms with E-state index in [1.807, 2.05) is 4.90 Å². The first kappa shape index (κ1) is 13.4. The van der Waals surface area contributed by atoms with Gasteiger partial charge in [-0.3, -0.25) is 14.3 Å². The Balaban J connectivity index is 2.24. The quantitative estimate of drug-likeness (QED) is 0.809. The van der Waals surface area contributed by atoms with Crippen molar-refractivity contribution < 1.29 is 14.7 Å². The summed E-state index contributed by atoms with van der Waals surface area (Å²) in [6.07, 6.45) is 1.13. The Labute approximate surface area is 111 Å². The second-order valence-electron chi connectivity index (χ2n) is 4.87. The molecule has 0 radical (unpaired) electrons. The van der Waals surface area contributed by atoms with Crippen LogP contribution in [0.5, 0.6) is 0 Å². The molecular weight excluding hydrogens is 248 g/mol. The fraction of sp³-hybridized carbons (Fsp3) is 0.583. The van der Waals surface area contributed by atoms with Crippen LogP contribution in [0.4, 0.5) is 5.82 Å². The minimum absolute atomic E-state index is 0.303. The molecule has 1 aliphatic heterocycles. The van der Waals surface area contributed by atoms with Crippen LogP contribution in [-0.2, 0) is 11.8 Å². The molecule has 3 N–H and O–H groups in total. The van der Waals surface area contributed by atoms with Gasteiger partial charge in [0.25, 0.3) is 5.91 Å². The van der Waals surface area contributed by atoms with Gasteiger partial charge in [-0.1, -0.05) is 0 Å². The first-order valence-corrected chi connectivity index (χ1v) is 6.23. The van der Waals surface area contributed by atoms with Crippen molar-refractivity contribution in [3.05, 3.63) is 11.3 Å². The molecule has 1 saturated heterocycles. The fourth-order valence-corrected chi connectivity index (χ4v) is 2.64. The Hall–Kier alpha value is -2.05. The average Bonchev–Trinajstić information content (AvgIpc) is 2.64. The predicted octanol–water partition coefficient (Wildman–Crippen LogP) is 0.128. The van der Waals surface area contributed by atoms with E-state index in [2.05, 4.69) is 5.10 Å². The van der Waals surface area contributed by atoms with E-state index in [1.54, 1.807) is 18.7 Å². The summed E-state index contributed by atoms with van der Waals surface area (Å²) in [5.41, 5.74) is 6.43. The van der Waals surface area contributed by atoms with Gasteiger partial charge in [-0.25, -0.2) is 0 Å². The third-order valence-electron chi connectivity index (χ3n) is 3.58. The number of nitrogens with zero attached hydrogens (tertiary/aromatic N) is 3. The van der Waals surface area contributed by atoms with Gasteiger partial charge in [-0.15, -0.1) is 0 Å². The molecule has 0 aliphatic carbocycles. The van der Waals surface area contributed by atoms with Crippen LogP contribution in [0.25, 0.3) is 0 Å². The first-order valence-electron chi connectivity index (χ1n) is 6.23. The van der Waals surface area contributed by atoms with Crippen molar-refractivity contribution in [3.8, 4) is 0 Å². The number of rotatable bonds is 3. The van der Waals surface area contributed by atoms with E-state index >= 15 is 0 Å². The third-order valence-corrected chi connectivity index (χ3v) is 3.58. The van der Waals surface area contributed by atoms with Crippen LogP contribution in [0.15, 0.2) is 0 Å². The minimum atomic E-state index is -0.754. The first-order chi connectivity index (χ1) is 8.91. The number of carboxylic acids is 1. The second kappa shape index (κ2) is 4.91. The lowest BCUT2D eigenvalue weighted by atomic mass is 9.97. The van der Waals surface area contributed by atoms with Crippen molar-refractivity contribution >= 4 is 17.7 Å². The van der Waals surface area contributed by atoms with Crippen LogP contribution >= 0.6 is 0 Å². The van der Waals surface area contributed by atoms with Crippen LogP contribution in [0.1, 0.15) is 28.9 Å². The SMILES string of the molecule is Cc1nn(C)c(N2CCC(C(=O)O)CC2)c1C(N)=O. The number of aliphatic carboxylic acids is 1. The van der Waals surface area contributed by atoms with Gasteiger partial charge < -0.3 is 15.7 Å². The molecular formula is C12H18N4O3. The molecule has 1 aliphatic rings. The highest BCUT2D eigenvalue weighted by molar-refractivity contribution is 5.99. The molecule has 19 heavy (non-hydrogen) atoms. The van der Waals surface area contributed by atoms with Gasteiger partial charge in [0.2, 0.25) is 0 Å². The molecule has 1 aromatic heterocycles. The van der Waals surface area contributed by atoms with Gasteiger partial charge in [0, 0.05) is 20.1 Å². The summed E-state index contributed by atoms with van der Waals surface area (Å²) >= 11 is 0. The molecule has 0 aromatic carbocycles. The number of nitrogens with two attached hydrogens (primary N) is 1. The number of carboxylic acid groups (broad SMARTS) is 1. The van der Waals surface area contributed by atoms with E-state index in [4.69, 9.17) is 10.8 Å². The second-order valence-corrected chi connectivity index (χ2v) is 4.87. The average molecular weight is 266 g/mol. The van der Waals surface area contributed by atoms with E-state index in [1.165, 1.54) is 0 Å². The van der Waals surface area contributed by atoms with E-state index < -0.39 is 11.9 Å². The highest BCUT2D eigenvalue weighted by Gasteiger charge is 2.29. The number of carbonyl (C=O) groups excluding carboxylic acids is 1. The summed E-state index contributed by atoms with van der Waals surface area (Å²) < 4.78 is 1.64. The summed E-state index contributed by atoms with van der Waals surface area (Å²) in [7, 11) is 1.76. The largest absolute Gasteiger partial charge is 0.481 e. The Morgan fingerprint density at radius 1 is 1.37 bits per heavy atom. The zero-order chi connectivity index (χ0) is 14.2. The van der Waals surface area contributed by atoms with Crippen LogP contribution in [0, 0.1) is 12.8 Å². The van der Waals surface area contributed by atoms with Crippen molar-refractivity contribution in [2.75, 3.05) is 18.0 Å². The lowest BCUT2D eigenvalue weighted by Crippen LogP contribution is -2.38. The molecule has 1 amide bonds. The summed E-state index contributed by atoms with van der Waals surface area (Å²) in [5, 5.41) is 13.2. The molecule has 1 aromatic rings. The maximum Gasteiger partial charge on any atom is 0.306 e. The Kier molecular flexibility index (Phi) is 3.46. The zero-order valence-corrected chi connectivity index (χ0v) is 11.1. The number of aryl methyl sites for hydroxylation is 2. The molecule has 0 unspecified atom stereocenters. The zero-order valence-electron chi connectivity index (χ0n) is 11.1. The Bertz CT molecular complexity index is 515. The van der Waals surface area contributed by atoms with Crippen molar-refractivity contribution in [1.82, 2.24) is 9.78 Å². The molecule has 2 rings (SSSR count). The van der Waals surface area contributed by atoms with Gasteiger partial charge in [0.1, 0.15) is 11.4 Å². The van der Waals surface area contributed by atoms with Crippen molar-refractivity contribution in [3.63, 3.8) is 0 Å². The van der Waals surface area contributed by atoms with E-state index in [9.17, 15) is 9.59 Å². The highest BCUT2D eigenvalue weighted by atomic mass is 16.4. The van der Waals surface area contributed by atoms with Crippen LogP contribution in [-0.4, -0.2) is 39.9 Å². The molecule has 0 bridgehead atoms. The maximum atomic E-state index is 11.5. The number of carbonyl (C=O) groups is 2. The lowest BCUT2D eigenvalue weighted by molar-refractivity contribution is -0.142. The van der Waals surface area contributed by atoms with Crippen LogP contribution in [0.2, 0.25) is 0 Å². The Morgan fingerprint density at radius 3 is 2.42 bits per heavy atom. The van der Waals surface area contributed by atoms with Crippen LogP contribution in [0.3, 0.4) is 0 Å². The predicted molar refractivity (Wildman–Crippen MR) is 69.0 cm³/mol. The van der Waals surface area contributed by atoms with Gasteiger partial charge in [0.05, 0.1) is 11.6 Å². The normalized spacial score (nSPS) is 16.6. The summed E-state index contributed by atoms with van der Waals surface area (Å²) in [6.45, 7) is 2.93. The summed E-state index contributed by atoms with van der Waals surface area (Å²) in [6, 6.07) is 0. The van der Waals surface area contributed by atoms with Crippen molar-refractivity contribution in [1.29, 1.82) is 0 Å². The van der Waals surface area contributed by atoms with Gasteiger partial charge in [0.15, 0.2) is 0 Å².